The SMILES string of the molecule is CCOC(=O)c1cccc(N=C2SC(=Cc3ccc(OCC(=O)OC)c(OCC)c3)C(=O)N2CC)c1. The number of esters is 2. The predicted octanol–water partition coefficient (Wildman–Crippen LogP) is 4.44. The lowest BCUT2D eigenvalue weighted by molar-refractivity contribution is -0.142. The maximum absolute atomic E-state index is 13.1. The number of aliphatic imine (C=N–C) groups is 1. The quantitative estimate of drug-likeness (QED) is 0.340. The van der Waals surface area contributed by atoms with Gasteiger partial charge in [0.2, 0.25) is 0 Å². The van der Waals surface area contributed by atoms with E-state index in [1.807, 2.05) is 13.8 Å². The summed E-state index contributed by atoms with van der Waals surface area (Å²) >= 11 is 1.24. The van der Waals surface area contributed by atoms with Gasteiger partial charge in [0.15, 0.2) is 23.3 Å². The van der Waals surface area contributed by atoms with Gasteiger partial charge in [-0.15, -0.1) is 0 Å². The highest BCUT2D eigenvalue weighted by molar-refractivity contribution is 8.18. The fourth-order valence-electron chi connectivity index (χ4n) is 3.25. The summed E-state index contributed by atoms with van der Waals surface area (Å²) in [5.74, 6) is -0.258. The lowest BCUT2D eigenvalue weighted by Crippen LogP contribution is -2.28. The van der Waals surface area contributed by atoms with E-state index < -0.39 is 11.9 Å². The van der Waals surface area contributed by atoms with Crippen LogP contribution in [0.5, 0.6) is 11.5 Å². The van der Waals surface area contributed by atoms with Gasteiger partial charge in [0, 0.05) is 6.54 Å². The zero-order valence-electron chi connectivity index (χ0n) is 20.6. The summed E-state index contributed by atoms with van der Waals surface area (Å²) in [6.45, 7) is 6.32. The minimum atomic E-state index is -0.504. The van der Waals surface area contributed by atoms with Crippen molar-refractivity contribution in [2.75, 3.05) is 33.5 Å². The fraction of sp³-hybridized carbons (Fsp3) is 0.308. The molecule has 3 rings (SSSR count). The highest BCUT2D eigenvalue weighted by Crippen LogP contribution is 2.36. The van der Waals surface area contributed by atoms with Gasteiger partial charge in [-0.3, -0.25) is 9.69 Å². The third-order valence-electron chi connectivity index (χ3n) is 4.92. The average molecular weight is 513 g/mol. The van der Waals surface area contributed by atoms with Gasteiger partial charge in [0.1, 0.15) is 0 Å². The van der Waals surface area contributed by atoms with Gasteiger partial charge in [0.05, 0.1) is 36.5 Å². The normalized spacial score (nSPS) is 15.3. The molecule has 10 heteroatoms. The van der Waals surface area contributed by atoms with Crippen molar-refractivity contribution in [1.82, 2.24) is 4.90 Å². The Morgan fingerprint density at radius 3 is 2.53 bits per heavy atom. The molecule has 190 valence electrons. The first-order valence-corrected chi connectivity index (χ1v) is 12.3. The number of rotatable bonds is 10. The molecule has 0 spiro atoms. The Morgan fingerprint density at radius 2 is 1.83 bits per heavy atom. The molecule has 36 heavy (non-hydrogen) atoms. The Kier molecular flexibility index (Phi) is 9.52. The van der Waals surface area contributed by atoms with Crippen molar-refractivity contribution < 1.29 is 33.3 Å². The molecular weight excluding hydrogens is 484 g/mol. The van der Waals surface area contributed by atoms with E-state index in [0.29, 0.717) is 46.0 Å². The number of benzene rings is 2. The van der Waals surface area contributed by atoms with Crippen LogP contribution in [0.15, 0.2) is 52.4 Å². The van der Waals surface area contributed by atoms with Crippen LogP contribution in [0, 0.1) is 0 Å². The number of carbonyl (C=O) groups is 3. The number of nitrogens with zero attached hydrogens (tertiary/aromatic N) is 2. The number of amides is 1. The lowest BCUT2D eigenvalue weighted by Gasteiger charge is -2.12. The summed E-state index contributed by atoms with van der Waals surface area (Å²) in [5, 5.41) is 0.512. The molecule has 0 atom stereocenters. The number of ether oxygens (including phenoxy) is 4. The van der Waals surface area contributed by atoms with Crippen molar-refractivity contribution in [3.63, 3.8) is 0 Å². The van der Waals surface area contributed by atoms with Crippen molar-refractivity contribution in [2.45, 2.75) is 20.8 Å². The average Bonchev–Trinajstić information content (AvgIpc) is 3.17. The number of hydrogen-bond acceptors (Lipinski definition) is 9. The number of carbonyl (C=O) groups excluding carboxylic acids is 3. The van der Waals surface area contributed by atoms with E-state index in [4.69, 9.17) is 14.2 Å². The van der Waals surface area contributed by atoms with E-state index in [1.165, 1.54) is 18.9 Å². The van der Waals surface area contributed by atoms with Crippen molar-refractivity contribution in [3.8, 4) is 11.5 Å². The smallest absolute Gasteiger partial charge is 0.343 e. The summed E-state index contributed by atoms with van der Waals surface area (Å²) in [7, 11) is 1.29. The van der Waals surface area contributed by atoms with E-state index in [0.717, 1.165) is 5.56 Å². The first-order valence-electron chi connectivity index (χ1n) is 11.4. The zero-order chi connectivity index (χ0) is 26.1. The van der Waals surface area contributed by atoms with Crippen LogP contribution >= 0.6 is 11.8 Å². The highest BCUT2D eigenvalue weighted by atomic mass is 32.2. The zero-order valence-corrected chi connectivity index (χ0v) is 21.4. The molecule has 0 aromatic heterocycles. The molecule has 0 saturated carbocycles. The standard InChI is InChI=1S/C26H28N2O7S/c1-5-28-24(30)22(36-26(28)27-19-10-8-9-18(15-19)25(31)34-7-3)14-17-11-12-20(21(13-17)33-6-2)35-16-23(29)32-4/h8-15H,5-7,16H2,1-4H3. The van der Waals surface area contributed by atoms with Crippen molar-refractivity contribution >= 4 is 46.5 Å². The summed E-state index contributed by atoms with van der Waals surface area (Å²) in [6, 6.07) is 12.0. The van der Waals surface area contributed by atoms with Crippen LogP contribution in [0.3, 0.4) is 0 Å². The number of methoxy groups -OCH3 is 1. The first kappa shape index (κ1) is 26.8. The van der Waals surface area contributed by atoms with Gasteiger partial charge in [-0.2, -0.15) is 0 Å². The Bertz CT molecular complexity index is 1190. The molecule has 0 N–H and O–H groups in total. The van der Waals surface area contributed by atoms with Crippen molar-refractivity contribution in [1.29, 1.82) is 0 Å². The molecule has 1 aliphatic heterocycles. The topological polar surface area (TPSA) is 104 Å². The summed E-state index contributed by atoms with van der Waals surface area (Å²) in [4.78, 5) is 43.2. The predicted molar refractivity (Wildman–Crippen MR) is 138 cm³/mol. The monoisotopic (exact) mass is 512 g/mol. The molecule has 1 saturated heterocycles. The molecule has 1 amide bonds. The van der Waals surface area contributed by atoms with Gasteiger partial charge >= 0.3 is 11.9 Å². The van der Waals surface area contributed by atoms with E-state index in [2.05, 4.69) is 9.73 Å². The highest BCUT2D eigenvalue weighted by Gasteiger charge is 2.32. The maximum atomic E-state index is 13.1. The van der Waals surface area contributed by atoms with Crippen molar-refractivity contribution in [3.05, 3.63) is 58.5 Å². The Morgan fingerprint density at radius 1 is 1.03 bits per heavy atom. The second kappa shape index (κ2) is 12.8. The molecule has 2 aromatic carbocycles. The number of thioether (sulfide) groups is 1. The van der Waals surface area contributed by atoms with E-state index in [9.17, 15) is 14.4 Å². The summed E-state index contributed by atoms with van der Waals surface area (Å²) < 4.78 is 20.8. The van der Waals surface area contributed by atoms with Gasteiger partial charge in [-0.05, 0) is 74.5 Å². The number of likely N-dealkylation sites (N-methyl/N-ethyl adjacent to an activating group) is 1. The minimum absolute atomic E-state index is 0.174. The number of amidine groups is 1. The van der Waals surface area contributed by atoms with Crippen molar-refractivity contribution in [2.24, 2.45) is 4.99 Å². The molecule has 1 heterocycles. The lowest BCUT2D eigenvalue weighted by atomic mass is 10.2. The van der Waals surface area contributed by atoms with Gasteiger partial charge in [-0.25, -0.2) is 14.6 Å². The first-order chi connectivity index (χ1) is 17.4. The molecule has 2 aromatic rings. The minimum Gasteiger partial charge on any atom is -0.490 e. The van der Waals surface area contributed by atoms with E-state index in [-0.39, 0.29) is 19.1 Å². The third kappa shape index (κ3) is 6.66. The largest absolute Gasteiger partial charge is 0.490 e. The van der Waals surface area contributed by atoms with Crippen LogP contribution in [-0.2, 0) is 19.1 Å². The van der Waals surface area contributed by atoms with Crippen LogP contribution in [0.25, 0.3) is 6.08 Å². The fourth-order valence-corrected chi connectivity index (χ4v) is 4.31. The van der Waals surface area contributed by atoms with E-state index in [1.54, 1.807) is 60.4 Å². The number of hydrogen-bond donors (Lipinski definition) is 0. The van der Waals surface area contributed by atoms with Gasteiger partial charge < -0.3 is 18.9 Å². The molecule has 0 unspecified atom stereocenters. The van der Waals surface area contributed by atoms with Gasteiger partial charge in [-0.1, -0.05) is 12.1 Å². The van der Waals surface area contributed by atoms with Crippen LogP contribution in [0.1, 0.15) is 36.7 Å². The second-order valence-corrected chi connectivity index (χ2v) is 8.34. The second-order valence-electron chi connectivity index (χ2n) is 7.33. The van der Waals surface area contributed by atoms with Crippen LogP contribution < -0.4 is 9.47 Å². The van der Waals surface area contributed by atoms with E-state index >= 15 is 0 Å². The molecule has 0 radical (unpaired) electrons. The summed E-state index contributed by atoms with van der Waals surface area (Å²) in [6.07, 6.45) is 1.75. The van der Waals surface area contributed by atoms with Crippen LogP contribution in [0.4, 0.5) is 5.69 Å². The molecule has 0 bridgehead atoms. The third-order valence-corrected chi connectivity index (χ3v) is 5.93. The molecule has 0 aliphatic carbocycles. The Labute approximate surface area is 214 Å². The maximum Gasteiger partial charge on any atom is 0.343 e. The van der Waals surface area contributed by atoms with Crippen LogP contribution in [0.2, 0.25) is 0 Å². The molecule has 1 fully saturated rings. The Balaban J connectivity index is 1.87. The molecular formula is C26H28N2O7S. The Hall–Kier alpha value is -3.79. The molecule has 1 aliphatic rings. The summed E-state index contributed by atoms with van der Waals surface area (Å²) in [5.41, 5.74) is 1.66. The molecule has 9 nitrogen and oxygen atoms in total. The van der Waals surface area contributed by atoms with Crippen LogP contribution in [-0.4, -0.2) is 61.4 Å². The van der Waals surface area contributed by atoms with Gasteiger partial charge in [0.25, 0.3) is 5.91 Å².